The van der Waals surface area contributed by atoms with E-state index in [0.717, 1.165) is 50.0 Å². The number of hydrogen-bond donors (Lipinski definition) is 2. The van der Waals surface area contributed by atoms with Crippen LogP contribution in [0.15, 0.2) is 12.1 Å². The molecule has 5 nitrogen and oxygen atoms in total. The molecule has 5 rings (SSSR count). The van der Waals surface area contributed by atoms with Crippen molar-refractivity contribution < 1.29 is 9.84 Å². The van der Waals surface area contributed by atoms with Gasteiger partial charge in [-0.2, -0.15) is 0 Å². The zero-order valence-corrected chi connectivity index (χ0v) is 15.8. The summed E-state index contributed by atoms with van der Waals surface area (Å²) in [5, 5.41) is 11.1. The summed E-state index contributed by atoms with van der Waals surface area (Å²) < 4.78 is 5.46. The highest BCUT2D eigenvalue weighted by atomic mass is 16.5. The number of phenols is 1. The number of methoxy groups -OCH3 is 1. The van der Waals surface area contributed by atoms with Crippen LogP contribution >= 0.6 is 0 Å². The molecule has 2 bridgehead atoms. The van der Waals surface area contributed by atoms with Gasteiger partial charge in [-0.15, -0.1) is 0 Å². The molecule has 1 fully saturated rings. The van der Waals surface area contributed by atoms with E-state index in [1.807, 2.05) is 6.07 Å². The number of likely N-dealkylation sites (N-methyl/N-ethyl adjacent to an activating group) is 1. The molecular formula is C21H27N3O2. The van der Waals surface area contributed by atoms with Gasteiger partial charge in [0.2, 0.25) is 0 Å². The monoisotopic (exact) mass is 353 g/mol. The minimum atomic E-state index is -0.0199. The number of fused-ring (bicyclic) bond motifs is 2. The van der Waals surface area contributed by atoms with Crippen LogP contribution in [0.3, 0.4) is 0 Å². The number of aromatic nitrogens is 2. The van der Waals surface area contributed by atoms with Gasteiger partial charge in [-0.25, -0.2) is 4.98 Å². The standard InChI is InChI=1S/C21H27N3O2/c1-4-18-22-14-10-13-16-9-12-5-6-17(26-3)20(25)19(12)21(13,7-8-24(16)2)11-15(14)23-18/h5-6,13,16,25H,4,7-11H2,1-3H3,(H,22,23)/t13-,16+,21-/m1/s1. The number of benzene rings is 1. The lowest BCUT2D eigenvalue weighted by Gasteiger charge is -2.57. The zero-order valence-electron chi connectivity index (χ0n) is 15.8. The molecule has 1 aliphatic heterocycles. The highest BCUT2D eigenvalue weighted by Crippen LogP contribution is 2.57. The number of ether oxygens (including phenoxy) is 1. The summed E-state index contributed by atoms with van der Waals surface area (Å²) in [6.07, 6.45) is 4.94. The second kappa shape index (κ2) is 5.49. The van der Waals surface area contributed by atoms with E-state index < -0.39 is 0 Å². The molecule has 26 heavy (non-hydrogen) atoms. The van der Waals surface area contributed by atoms with Crippen molar-refractivity contribution in [3.05, 3.63) is 40.5 Å². The summed E-state index contributed by atoms with van der Waals surface area (Å²) in [6, 6.07) is 4.59. The lowest BCUT2D eigenvalue weighted by Crippen LogP contribution is -2.61. The van der Waals surface area contributed by atoms with Crippen molar-refractivity contribution >= 4 is 0 Å². The van der Waals surface area contributed by atoms with Gasteiger partial charge in [0, 0.05) is 29.1 Å². The van der Waals surface area contributed by atoms with Crippen LogP contribution in [0.5, 0.6) is 11.5 Å². The first-order valence-electron chi connectivity index (χ1n) is 9.73. The van der Waals surface area contributed by atoms with Gasteiger partial charge < -0.3 is 19.7 Å². The first-order valence-corrected chi connectivity index (χ1v) is 9.73. The summed E-state index contributed by atoms with van der Waals surface area (Å²) >= 11 is 0. The Kier molecular flexibility index (Phi) is 3.42. The Hall–Kier alpha value is -2.01. The topological polar surface area (TPSA) is 61.4 Å². The van der Waals surface area contributed by atoms with Crippen LogP contribution in [0.25, 0.3) is 0 Å². The van der Waals surface area contributed by atoms with E-state index in [9.17, 15) is 5.11 Å². The Bertz CT molecular complexity index is 874. The quantitative estimate of drug-likeness (QED) is 0.871. The number of hydrogen-bond acceptors (Lipinski definition) is 4. The first-order chi connectivity index (χ1) is 12.6. The molecular weight excluding hydrogens is 326 g/mol. The van der Waals surface area contributed by atoms with E-state index in [0.29, 0.717) is 23.5 Å². The van der Waals surface area contributed by atoms with E-state index >= 15 is 0 Å². The van der Waals surface area contributed by atoms with Gasteiger partial charge in [0.15, 0.2) is 11.5 Å². The molecule has 0 saturated carbocycles. The van der Waals surface area contributed by atoms with Crippen LogP contribution in [0.2, 0.25) is 0 Å². The van der Waals surface area contributed by atoms with Crippen molar-refractivity contribution in [3.8, 4) is 11.5 Å². The van der Waals surface area contributed by atoms with Gasteiger partial charge >= 0.3 is 0 Å². The van der Waals surface area contributed by atoms with Crippen molar-refractivity contribution in [1.82, 2.24) is 14.9 Å². The fourth-order valence-corrected chi connectivity index (χ4v) is 5.89. The van der Waals surface area contributed by atoms with Gasteiger partial charge in [-0.3, -0.25) is 0 Å². The summed E-state index contributed by atoms with van der Waals surface area (Å²) in [6.45, 7) is 3.22. The molecule has 0 radical (unpaired) electrons. The molecule has 2 aliphatic carbocycles. The number of rotatable bonds is 2. The molecule has 0 amide bonds. The van der Waals surface area contributed by atoms with E-state index in [1.165, 1.54) is 17.0 Å². The van der Waals surface area contributed by atoms with E-state index in [2.05, 4.69) is 29.9 Å². The maximum Gasteiger partial charge on any atom is 0.161 e. The molecule has 1 aromatic carbocycles. The van der Waals surface area contributed by atoms with Gasteiger partial charge in [-0.1, -0.05) is 13.0 Å². The molecule has 138 valence electrons. The summed E-state index contributed by atoms with van der Waals surface area (Å²) in [7, 11) is 3.89. The Morgan fingerprint density at radius 2 is 2.23 bits per heavy atom. The molecule has 1 aromatic heterocycles. The molecule has 3 aliphatic rings. The molecule has 0 unspecified atom stereocenters. The smallest absolute Gasteiger partial charge is 0.161 e. The van der Waals surface area contributed by atoms with E-state index in [4.69, 9.17) is 9.72 Å². The molecule has 2 N–H and O–H groups in total. The summed E-state index contributed by atoms with van der Waals surface area (Å²) in [5.74, 6) is 2.53. The molecule has 2 aromatic rings. The Morgan fingerprint density at radius 3 is 3.00 bits per heavy atom. The number of piperidine rings is 1. The summed E-state index contributed by atoms with van der Waals surface area (Å²) in [4.78, 5) is 10.9. The highest BCUT2D eigenvalue weighted by molar-refractivity contribution is 5.57. The largest absolute Gasteiger partial charge is 0.504 e. The maximum atomic E-state index is 11.1. The van der Waals surface area contributed by atoms with Crippen LogP contribution in [-0.4, -0.2) is 46.7 Å². The SMILES string of the molecule is CCc1nc2c([nH]1)C[C@@]13CCN(C)[C@@H](Cc4ccc(OC)c(O)c41)[C@H]3C2. The third-order valence-corrected chi connectivity index (χ3v) is 7.18. The second-order valence-electron chi connectivity index (χ2n) is 8.26. The normalized spacial score (nSPS) is 29.7. The highest BCUT2D eigenvalue weighted by Gasteiger charge is 2.56. The van der Waals surface area contributed by atoms with Crippen LogP contribution in [0, 0.1) is 5.92 Å². The number of nitrogens with one attached hydrogen (secondary N) is 1. The molecule has 2 heterocycles. The van der Waals surface area contributed by atoms with Gasteiger partial charge in [0.1, 0.15) is 5.82 Å². The van der Waals surface area contributed by atoms with E-state index in [-0.39, 0.29) is 5.41 Å². The van der Waals surface area contributed by atoms with Gasteiger partial charge in [0.05, 0.1) is 12.8 Å². The molecule has 0 spiro atoms. The van der Waals surface area contributed by atoms with Crippen molar-refractivity contribution in [3.63, 3.8) is 0 Å². The van der Waals surface area contributed by atoms with Crippen LogP contribution < -0.4 is 4.74 Å². The molecule has 1 saturated heterocycles. The number of aromatic amines is 1. The third kappa shape index (κ3) is 1.98. The number of aryl methyl sites for hydroxylation is 1. The van der Waals surface area contributed by atoms with E-state index in [1.54, 1.807) is 7.11 Å². The third-order valence-electron chi connectivity index (χ3n) is 7.18. The predicted octanol–water partition coefficient (Wildman–Crippen LogP) is 2.60. The number of aromatic hydroxyl groups is 1. The minimum Gasteiger partial charge on any atom is -0.504 e. The Labute approximate surface area is 154 Å². The number of phenolic OH excluding ortho intramolecular Hbond substituents is 1. The number of imidazole rings is 1. The van der Waals surface area contributed by atoms with Gasteiger partial charge in [0.25, 0.3) is 0 Å². The molecule has 5 heteroatoms. The minimum absolute atomic E-state index is 0.0199. The van der Waals surface area contributed by atoms with Crippen molar-refractivity contribution in [1.29, 1.82) is 0 Å². The van der Waals surface area contributed by atoms with Crippen molar-refractivity contribution in [2.24, 2.45) is 5.92 Å². The van der Waals surface area contributed by atoms with Crippen molar-refractivity contribution in [2.75, 3.05) is 20.7 Å². The fraction of sp³-hybridized carbons (Fsp3) is 0.571. The first kappa shape index (κ1) is 16.2. The Balaban J connectivity index is 1.73. The fourth-order valence-electron chi connectivity index (χ4n) is 5.89. The van der Waals surface area contributed by atoms with Crippen LogP contribution in [0.4, 0.5) is 0 Å². The average Bonchev–Trinajstić information content (AvgIpc) is 3.04. The lowest BCUT2D eigenvalue weighted by molar-refractivity contribution is 0.0215. The predicted molar refractivity (Wildman–Crippen MR) is 99.9 cm³/mol. The van der Waals surface area contributed by atoms with Crippen molar-refractivity contribution in [2.45, 2.75) is 50.5 Å². The number of nitrogens with zero attached hydrogens (tertiary/aromatic N) is 2. The summed E-state index contributed by atoms with van der Waals surface area (Å²) in [5.41, 5.74) is 4.93. The average molecular weight is 353 g/mol. The maximum absolute atomic E-state index is 11.1. The Morgan fingerprint density at radius 1 is 1.38 bits per heavy atom. The second-order valence-corrected chi connectivity index (χ2v) is 8.26. The van der Waals surface area contributed by atoms with Crippen LogP contribution in [0.1, 0.15) is 41.7 Å². The lowest BCUT2D eigenvalue weighted by atomic mass is 9.52. The van der Waals surface area contributed by atoms with Gasteiger partial charge in [-0.05, 0) is 56.8 Å². The number of H-pyrrole nitrogens is 1. The zero-order chi connectivity index (χ0) is 18.1. The van der Waals surface area contributed by atoms with Crippen LogP contribution in [-0.2, 0) is 31.1 Å². The molecule has 3 atom stereocenters. The number of likely N-dealkylation sites (tertiary alicyclic amines) is 1.